The Morgan fingerprint density at radius 2 is 0.512 bits per heavy atom. The van der Waals surface area contributed by atoms with E-state index in [1.807, 2.05) is 0 Å². The number of hydrogen-bond acceptors (Lipinski definition) is 4. The molecule has 4 nitrogen and oxygen atoms in total. The van der Waals surface area contributed by atoms with Crippen LogP contribution >= 0.6 is 0 Å². The molecule has 4 heteroatoms. The van der Waals surface area contributed by atoms with Gasteiger partial charge in [-0.1, -0.05) is 187 Å². The van der Waals surface area contributed by atoms with E-state index in [4.69, 9.17) is 9.47 Å². The molecule has 0 radical (unpaired) electrons. The molecule has 0 aliphatic heterocycles. The van der Waals surface area contributed by atoms with Crippen molar-refractivity contribution in [2.75, 3.05) is 13.2 Å². The van der Waals surface area contributed by atoms with Crippen LogP contribution in [-0.2, 0) is 19.1 Å². The smallest absolute Gasteiger partial charge is 0.305 e. The molecule has 0 N–H and O–H groups in total. The van der Waals surface area contributed by atoms with Gasteiger partial charge in [0.15, 0.2) is 0 Å². The lowest BCUT2D eigenvalue weighted by atomic mass is 10.0. The van der Waals surface area contributed by atoms with Crippen molar-refractivity contribution in [3.05, 3.63) is 0 Å². The second-order valence-electron chi connectivity index (χ2n) is 13.2. The summed E-state index contributed by atoms with van der Waals surface area (Å²) in [5.74, 6) is -0.176. The highest BCUT2D eigenvalue weighted by atomic mass is 16.5. The molecule has 0 spiro atoms. The van der Waals surface area contributed by atoms with Crippen molar-refractivity contribution in [2.45, 2.75) is 226 Å². The molecule has 0 bridgehead atoms. The molecule has 0 saturated heterocycles. The molecule has 0 saturated carbocycles. The first-order valence-corrected chi connectivity index (χ1v) is 19.5. The number of hydrogen-bond donors (Lipinski definition) is 0. The minimum atomic E-state index is -0.0879. The van der Waals surface area contributed by atoms with Crippen LogP contribution in [0.15, 0.2) is 0 Å². The summed E-state index contributed by atoms with van der Waals surface area (Å²) in [4.78, 5) is 23.9. The average molecular weight is 609 g/mol. The first kappa shape index (κ1) is 41.9. The molecular formula is C39H76O4. The Balaban J connectivity index is 3.25. The van der Waals surface area contributed by atoms with E-state index in [2.05, 4.69) is 13.8 Å². The van der Waals surface area contributed by atoms with Crippen LogP contribution in [-0.4, -0.2) is 25.2 Å². The number of unbranched alkanes of at least 4 members (excludes halogenated alkanes) is 28. The molecular weight excluding hydrogens is 532 g/mol. The maximum atomic E-state index is 11.9. The van der Waals surface area contributed by atoms with Crippen LogP contribution < -0.4 is 0 Å². The molecule has 0 aromatic rings. The molecule has 0 amide bonds. The maximum Gasteiger partial charge on any atom is 0.305 e. The van der Waals surface area contributed by atoms with Gasteiger partial charge in [-0.3, -0.25) is 9.59 Å². The number of ether oxygens (including phenoxy) is 2. The number of rotatable bonds is 36. The predicted octanol–water partition coefficient (Wildman–Crippen LogP) is 13.0. The third kappa shape index (κ3) is 37.0. The second kappa shape index (κ2) is 37.1. The standard InChI is InChI=1S/C39H76O4/c1-3-5-7-9-11-13-15-17-19-21-23-25-27-32-36-42-38(40)34-30-29-31-35-39(41)43-37-33-28-26-24-22-20-18-16-14-12-10-8-6-4-2/h3-37H2,1-2H3. The largest absolute Gasteiger partial charge is 0.466 e. The van der Waals surface area contributed by atoms with Gasteiger partial charge in [-0.25, -0.2) is 0 Å². The molecule has 0 aliphatic carbocycles. The van der Waals surface area contributed by atoms with E-state index >= 15 is 0 Å². The van der Waals surface area contributed by atoms with Crippen LogP contribution in [0.2, 0.25) is 0 Å². The predicted molar refractivity (Wildman–Crippen MR) is 186 cm³/mol. The normalized spacial score (nSPS) is 11.2. The van der Waals surface area contributed by atoms with E-state index in [0.717, 1.165) is 44.9 Å². The average Bonchev–Trinajstić information content (AvgIpc) is 3.00. The van der Waals surface area contributed by atoms with Crippen LogP contribution in [0.25, 0.3) is 0 Å². The zero-order chi connectivity index (χ0) is 31.3. The van der Waals surface area contributed by atoms with Crippen molar-refractivity contribution >= 4 is 11.9 Å². The van der Waals surface area contributed by atoms with Gasteiger partial charge in [-0.15, -0.1) is 0 Å². The summed E-state index contributed by atoms with van der Waals surface area (Å²) in [5, 5.41) is 0. The lowest BCUT2D eigenvalue weighted by Crippen LogP contribution is -2.07. The van der Waals surface area contributed by atoms with Gasteiger partial charge >= 0.3 is 11.9 Å². The SMILES string of the molecule is CCCCCCCCCCCCCCCCOC(=O)CCCCCC(=O)OCCCCCCCCCCCCCCCC. The van der Waals surface area contributed by atoms with E-state index < -0.39 is 0 Å². The van der Waals surface area contributed by atoms with E-state index in [9.17, 15) is 9.59 Å². The van der Waals surface area contributed by atoms with Gasteiger partial charge in [0.25, 0.3) is 0 Å². The highest BCUT2D eigenvalue weighted by molar-refractivity contribution is 5.69. The summed E-state index contributed by atoms with van der Waals surface area (Å²) in [6.07, 6.45) is 40.7. The Hall–Kier alpha value is -1.06. The van der Waals surface area contributed by atoms with E-state index in [1.165, 1.54) is 154 Å². The first-order chi connectivity index (χ1) is 21.2. The summed E-state index contributed by atoms with van der Waals surface area (Å²) >= 11 is 0. The van der Waals surface area contributed by atoms with Crippen LogP contribution in [0.3, 0.4) is 0 Å². The molecule has 0 aromatic carbocycles. The van der Waals surface area contributed by atoms with E-state index in [0.29, 0.717) is 26.1 Å². The maximum absolute atomic E-state index is 11.9. The van der Waals surface area contributed by atoms with Crippen LogP contribution in [0, 0.1) is 0 Å². The summed E-state index contributed by atoms with van der Waals surface area (Å²) < 4.78 is 10.8. The number of esters is 2. The van der Waals surface area contributed by atoms with Crippen molar-refractivity contribution in [3.63, 3.8) is 0 Å². The van der Waals surface area contributed by atoms with Gasteiger partial charge in [0.1, 0.15) is 0 Å². The number of carbonyl (C=O) groups is 2. The molecule has 43 heavy (non-hydrogen) atoms. The monoisotopic (exact) mass is 609 g/mol. The summed E-state index contributed by atoms with van der Waals surface area (Å²) in [6.45, 7) is 5.67. The van der Waals surface area contributed by atoms with Crippen molar-refractivity contribution in [1.29, 1.82) is 0 Å². The minimum absolute atomic E-state index is 0.0879. The fourth-order valence-electron chi connectivity index (χ4n) is 5.83. The topological polar surface area (TPSA) is 52.6 Å². The van der Waals surface area contributed by atoms with Gasteiger partial charge in [-0.2, -0.15) is 0 Å². The zero-order valence-electron chi connectivity index (χ0n) is 29.4. The van der Waals surface area contributed by atoms with Gasteiger partial charge < -0.3 is 9.47 Å². The molecule has 0 unspecified atom stereocenters. The van der Waals surface area contributed by atoms with E-state index in [1.54, 1.807) is 0 Å². The van der Waals surface area contributed by atoms with Crippen molar-refractivity contribution < 1.29 is 19.1 Å². The quantitative estimate of drug-likeness (QED) is 0.0524. The number of carbonyl (C=O) groups excluding carboxylic acids is 2. The minimum Gasteiger partial charge on any atom is -0.466 e. The Labute approximate surface area is 269 Å². The van der Waals surface area contributed by atoms with Gasteiger partial charge in [0, 0.05) is 12.8 Å². The third-order valence-electron chi connectivity index (χ3n) is 8.78. The lowest BCUT2D eigenvalue weighted by Gasteiger charge is -2.06. The Morgan fingerprint density at radius 1 is 0.302 bits per heavy atom. The van der Waals surface area contributed by atoms with Crippen molar-refractivity contribution in [2.24, 2.45) is 0 Å². The van der Waals surface area contributed by atoms with Gasteiger partial charge in [0.2, 0.25) is 0 Å². The van der Waals surface area contributed by atoms with Crippen LogP contribution in [0.1, 0.15) is 226 Å². The Bertz CT molecular complexity index is 513. The third-order valence-corrected chi connectivity index (χ3v) is 8.78. The molecule has 0 aliphatic rings. The zero-order valence-corrected chi connectivity index (χ0v) is 29.4. The first-order valence-electron chi connectivity index (χ1n) is 19.5. The second-order valence-corrected chi connectivity index (χ2v) is 13.2. The molecule has 256 valence electrons. The van der Waals surface area contributed by atoms with E-state index in [-0.39, 0.29) is 11.9 Å². The van der Waals surface area contributed by atoms with Crippen molar-refractivity contribution in [3.8, 4) is 0 Å². The van der Waals surface area contributed by atoms with Gasteiger partial charge in [-0.05, 0) is 25.7 Å². The van der Waals surface area contributed by atoms with Crippen LogP contribution in [0.5, 0.6) is 0 Å². The molecule has 0 aromatic heterocycles. The Morgan fingerprint density at radius 3 is 0.767 bits per heavy atom. The molecule has 0 atom stereocenters. The van der Waals surface area contributed by atoms with Crippen molar-refractivity contribution in [1.82, 2.24) is 0 Å². The summed E-state index contributed by atoms with van der Waals surface area (Å²) in [5.41, 5.74) is 0. The molecule has 0 fully saturated rings. The fraction of sp³-hybridized carbons (Fsp3) is 0.949. The molecule has 0 rings (SSSR count). The van der Waals surface area contributed by atoms with Crippen LogP contribution in [0.4, 0.5) is 0 Å². The highest BCUT2D eigenvalue weighted by Crippen LogP contribution is 2.15. The fourth-order valence-corrected chi connectivity index (χ4v) is 5.83. The highest BCUT2D eigenvalue weighted by Gasteiger charge is 2.06. The summed E-state index contributed by atoms with van der Waals surface area (Å²) in [6, 6.07) is 0. The van der Waals surface area contributed by atoms with Gasteiger partial charge in [0.05, 0.1) is 13.2 Å². The summed E-state index contributed by atoms with van der Waals surface area (Å²) in [7, 11) is 0. The Kier molecular flexibility index (Phi) is 36.2. The lowest BCUT2D eigenvalue weighted by molar-refractivity contribution is -0.144. The molecule has 0 heterocycles.